The number of amides is 4. The molecular weight excluding hydrogens is 250 g/mol. The lowest BCUT2D eigenvalue weighted by Gasteiger charge is -2.15. The first-order chi connectivity index (χ1) is 8.95. The molecule has 1 aromatic carbocycles. The van der Waals surface area contributed by atoms with Crippen LogP contribution in [-0.4, -0.2) is 41.8 Å². The van der Waals surface area contributed by atoms with Gasteiger partial charge in [0, 0.05) is 24.4 Å². The number of nitrogens with zero attached hydrogens (tertiary/aromatic N) is 2. The second-order valence-corrected chi connectivity index (χ2v) is 4.11. The van der Waals surface area contributed by atoms with Gasteiger partial charge in [0.1, 0.15) is 5.75 Å². The van der Waals surface area contributed by atoms with Gasteiger partial charge >= 0.3 is 17.8 Å². The first-order valence-electron chi connectivity index (χ1n) is 5.51. The SMILES string of the molecule is COc1cc(N)ccc1CN1C(=O)C(=O)N(C)C1=O. The highest BCUT2D eigenvalue weighted by Crippen LogP contribution is 2.24. The van der Waals surface area contributed by atoms with Crippen LogP contribution in [0, 0.1) is 0 Å². The van der Waals surface area contributed by atoms with Crippen LogP contribution in [0.15, 0.2) is 18.2 Å². The molecule has 1 aliphatic heterocycles. The van der Waals surface area contributed by atoms with Gasteiger partial charge in [-0.25, -0.2) is 4.79 Å². The number of hydrogen-bond donors (Lipinski definition) is 1. The maximum Gasteiger partial charge on any atom is 0.334 e. The van der Waals surface area contributed by atoms with Crippen molar-refractivity contribution in [3.63, 3.8) is 0 Å². The van der Waals surface area contributed by atoms with Crippen molar-refractivity contribution in [3.8, 4) is 5.75 Å². The Hall–Kier alpha value is -2.57. The zero-order chi connectivity index (χ0) is 14.2. The van der Waals surface area contributed by atoms with E-state index in [2.05, 4.69) is 0 Å². The van der Waals surface area contributed by atoms with Gasteiger partial charge in [0.15, 0.2) is 0 Å². The van der Waals surface area contributed by atoms with E-state index >= 15 is 0 Å². The first-order valence-corrected chi connectivity index (χ1v) is 5.51. The third kappa shape index (κ3) is 2.10. The molecule has 0 radical (unpaired) electrons. The lowest BCUT2D eigenvalue weighted by Crippen LogP contribution is -2.31. The molecule has 2 rings (SSSR count). The van der Waals surface area contributed by atoms with Crippen molar-refractivity contribution in [1.82, 2.24) is 9.80 Å². The number of rotatable bonds is 3. The summed E-state index contributed by atoms with van der Waals surface area (Å²) in [5.41, 5.74) is 6.73. The quantitative estimate of drug-likeness (QED) is 0.477. The van der Waals surface area contributed by atoms with Gasteiger partial charge in [0.25, 0.3) is 0 Å². The summed E-state index contributed by atoms with van der Waals surface area (Å²) in [4.78, 5) is 36.4. The van der Waals surface area contributed by atoms with Crippen LogP contribution < -0.4 is 10.5 Å². The molecule has 1 heterocycles. The summed E-state index contributed by atoms with van der Waals surface area (Å²) in [6.45, 7) is -0.0306. The molecule has 7 heteroatoms. The predicted octanol–water partition coefficient (Wildman–Crippen LogP) is 0.198. The zero-order valence-electron chi connectivity index (χ0n) is 10.5. The Morgan fingerprint density at radius 1 is 1.21 bits per heavy atom. The molecule has 1 fully saturated rings. The number of hydrogen-bond acceptors (Lipinski definition) is 5. The van der Waals surface area contributed by atoms with E-state index in [0.29, 0.717) is 17.0 Å². The number of nitrogen functional groups attached to an aromatic ring is 1. The van der Waals surface area contributed by atoms with Gasteiger partial charge < -0.3 is 10.5 Å². The van der Waals surface area contributed by atoms with E-state index in [-0.39, 0.29) is 6.54 Å². The third-order valence-corrected chi connectivity index (χ3v) is 2.89. The monoisotopic (exact) mass is 263 g/mol. The Morgan fingerprint density at radius 3 is 2.42 bits per heavy atom. The minimum absolute atomic E-state index is 0.0306. The predicted molar refractivity (Wildman–Crippen MR) is 66.1 cm³/mol. The van der Waals surface area contributed by atoms with E-state index in [4.69, 9.17) is 10.5 Å². The summed E-state index contributed by atoms with van der Waals surface area (Å²) in [6.07, 6.45) is 0. The number of likely N-dealkylation sites (N-methyl/N-ethyl adjacent to an activating group) is 1. The summed E-state index contributed by atoms with van der Waals surface area (Å²) < 4.78 is 5.13. The van der Waals surface area contributed by atoms with Crippen molar-refractivity contribution in [3.05, 3.63) is 23.8 Å². The van der Waals surface area contributed by atoms with E-state index < -0.39 is 17.8 Å². The highest BCUT2D eigenvalue weighted by molar-refractivity contribution is 6.44. The standard InChI is InChI=1S/C12H13N3O4/c1-14-10(16)11(17)15(12(14)18)6-7-3-4-8(13)5-9(7)19-2/h3-5H,6,13H2,1-2H3. The van der Waals surface area contributed by atoms with Crippen molar-refractivity contribution in [1.29, 1.82) is 0 Å². The van der Waals surface area contributed by atoms with E-state index in [1.54, 1.807) is 18.2 Å². The number of anilines is 1. The van der Waals surface area contributed by atoms with Crippen LogP contribution in [0.25, 0.3) is 0 Å². The molecule has 1 saturated heterocycles. The number of urea groups is 1. The Balaban J connectivity index is 2.29. The lowest BCUT2D eigenvalue weighted by molar-refractivity contribution is -0.143. The minimum Gasteiger partial charge on any atom is -0.496 e. The smallest absolute Gasteiger partial charge is 0.334 e. The minimum atomic E-state index is -0.841. The number of methoxy groups -OCH3 is 1. The van der Waals surface area contributed by atoms with Gasteiger partial charge in [0.2, 0.25) is 0 Å². The summed E-state index contributed by atoms with van der Waals surface area (Å²) >= 11 is 0. The van der Waals surface area contributed by atoms with Crippen molar-refractivity contribution in [2.45, 2.75) is 6.54 Å². The van der Waals surface area contributed by atoms with Crippen LogP contribution in [0.5, 0.6) is 5.75 Å². The van der Waals surface area contributed by atoms with Crippen LogP contribution in [0.4, 0.5) is 10.5 Å². The van der Waals surface area contributed by atoms with Crippen LogP contribution in [-0.2, 0) is 16.1 Å². The molecule has 0 bridgehead atoms. The molecule has 1 aliphatic rings. The molecule has 0 unspecified atom stereocenters. The Kier molecular flexibility index (Phi) is 3.12. The molecular formula is C12H13N3O4. The molecule has 0 saturated carbocycles. The Bertz CT molecular complexity index is 570. The lowest BCUT2D eigenvalue weighted by atomic mass is 10.1. The van der Waals surface area contributed by atoms with Gasteiger partial charge in [-0.05, 0) is 6.07 Å². The van der Waals surface area contributed by atoms with Gasteiger partial charge in [-0.3, -0.25) is 19.4 Å². The third-order valence-electron chi connectivity index (χ3n) is 2.89. The second kappa shape index (κ2) is 4.60. The van der Waals surface area contributed by atoms with Crippen LogP contribution in [0.1, 0.15) is 5.56 Å². The number of carbonyl (C=O) groups excluding carboxylic acids is 3. The molecule has 100 valence electrons. The average Bonchev–Trinajstić information content (AvgIpc) is 2.58. The molecule has 0 aromatic heterocycles. The van der Waals surface area contributed by atoms with Gasteiger partial charge in [-0.1, -0.05) is 6.07 Å². The van der Waals surface area contributed by atoms with Gasteiger partial charge in [0.05, 0.1) is 13.7 Å². The summed E-state index contributed by atoms with van der Waals surface area (Å²) in [5.74, 6) is -1.21. The maximum absolute atomic E-state index is 11.7. The van der Waals surface area contributed by atoms with Crippen molar-refractivity contribution in [2.24, 2.45) is 0 Å². The largest absolute Gasteiger partial charge is 0.496 e. The van der Waals surface area contributed by atoms with Crippen LogP contribution in [0.2, 0.25) is 0 Å². The number of carbonyl (C=O) groups is 3. The summed E-state index contributed by atoms with van der Waals surface area (Å²) in [7, 11) is 2.73. The van der Waals surface area contributed by atoms with Crippen molar-refractivity contribution in [2.75, 3.05) is 19.9 Å². The normalized spacial score (nSPS) is 15.4. The molecule has 0 atom stereocenters. The van der Waals surface area contributed by atoms with Crippen molar-refractivity contribution < 1.29 is 19.1 Å². The number of ether oxygens (including phenoxy) is 1. The number of imide groups is 2. The van der Waals surface area contributed by atoms with Gasteiger partial charge in [-0.2, -0.15) is 0 Å². The highest BCUT2D eigenvalue weighted by Gasteiger charge is 2.42. The molecule has 4 amide bonds. The number of nitrogens with two attached hydrogens (primary N) is 1. The van der Waals surface area contributed by atoms with Crippen LogP contribution in [0.3, 0.4) is 0 Å². The Labute approximate surface area is 109 Å². The second-order valence-electron chi connectivity index (χ2n) is 4.11. The van der Waals surface area contributed by atoms with E-state index in [1.165, 1.54) is 14.2 Å². The highest BCUT2D eigenvalue weighted by atomic mass is 16.5. The van der Waals surface area contributed by atoms with E-state index in [0.717, 1.165) is 9.80 Å². The van der Waals surface area contributed by atoms with Gasteiger partial charge in [-0.15, -0.1) is 0 Å². The topological polar surface area (TPSA) is 92.9 Å². The maximum atomic E-state index is 11.7. The number of benzene rings is 1. The fourth-order valence-electron chi connectivity index (χ4n) is 1.82. The molecule has 0 aliphatic carbocycles. The molecule has 1 aromatic rings. The summed E-state index contributed by atoms with van der Waals surface area (Å²) in [6, 6.07) is 4.23. The van der Waals surface area contributed by atoms with Crippen LogP contribution >= 0.6 is 0 Å². The molecule has 0 spiro atoms. The molecule has 2 N–H and O–H groups in total. The summed E-state index contributed by atoms with van der Waals surface area (Å²) in [5, 5.41) is 0. The van der Waals surface area contributed by atoms with E-state index in [1.807, 2.05) is 0 Å². The molecule has 19 heavy (non-hydrogen) atoms. The van der Waals surface area contributed by atoms with E-state index in [9.17, 15) is 14.4 Å². The first kappa shape index (κ1) is 12.9. The van der Waals surface area contributed by atoms with Crippen molar-refractivity contribution >= 4 is 23.5 Å². The Morgan fingerprint density at radius 2 is 1.89 bits per heavy atom. The average molecular weight is 263 g/mol. The fraction of sp³-hybridized carbons (Fsp3) is 0.250. The molecule has 7 nitrogen and oxygen atoms in total. The zero-order valence-corrected chi connectivity index (χ0v) is 10.5. The fourth-order valence-corrected chi connectivity index (χ4v) is 1.82.